The van der Waals surface area contributed by atoms with Gasteiger partial charge in [-0.1, -0.05) is 18.2 Å². The van der Waals surface area contributed by atoms with Crippen LogP contribution in [0.5, 0.6) is 0 Å². The number of benzene rings is 1. The molecule has 0 saturated heterocycles. The van der Waals surface area contributed by atoms with Crippen molar-refractivity contribution in [2.45, 2.75) is 19.3 Å². The second-order valence-electron chi connectivity index (χ2n) is 5.30. The lowest BCUT2D eigenvalue weighted by atomic mass is 10.0. The van der Waals surface area contributed by atoms with Crippen LogP contribution < -0.4 is 22.5 Å². The standard InChI is InChI=1S/C17H22N4O/c18-14-6-3-12(4-7-14)10-13-5-8-15(19)11-16(13)21-9-1-2-17(20)22/h3,5-8,10-11,21H,1-2,4,9,18-19H2,(H2,20,22)/b12-10-. The number of rotatable bonds is 6. The lowest BCUT2D eigenvalue weighted by molar-refractivity contribution is -0.118. The topological polar surface area (TPSA) is 107 Å². The molecule has 5 nitrogen and oxygen atoms in total. The molecule has 0 spiro atoms. The Labute approximate surface area is 130 Å². The average Bonchev–Trinajstić information content (AvgIpc) is 2.48. The maximum absolute atomic E-state index is 10.8. The summed E-state index contributed by atoms with van der Waals surface area (Å²) in [5.41, 5.74) is 21.4. The van der Waals surface area contributed by atoms with Crippen LogP contribution >= 0.6 is 0 Å². The van der Waals surface area contributed by atoms with Gasteiger partial charge in [0.2, 0.25) is 5.91 Å². The number of allylic oxidation sites excluding steroid dienone is 4. The zero-order chi connectivity index (χ0) is 15.9. The van der Waals surface area contributed by atoms with Crippen LogP contribution in [0, 0.1) is 0 Å². The van der Waals surface area contributed by atoms with Crippen LogP contribution in [0.1, 0.15) is 24.8 Å². The molecule has 0 heterocycles. The Hall–Kier alpha value is -2.69. The van der Waals surface area contributed by atoms with E-state index in [1.807, 2.05) is 36.4 Å². The van der Waals surface area contributed by atoms with Gasteiger partial charge >= 0.3 is 0 Å². The van der Waals surface area contributed by atoms with E-state index in [9.17, 15) is 4.79 Å². The van der Waals surface area contributed by atoms with Gasteiger partial charge in [0.1, 0.15) is 0 Å². The monoisotopic (exact) mass is 298 g/mol. The van der Waals surface area contributed by atoms with E-state index in [1.165, 1.54) is 5.57 Å². The number of nitrogens with two attached hydrogens (primary N) is 3. The van der Waals surface area contributed by atoms with Gasteiger partial charge < -0.3 is 22.5 Å². The summed E-state index contributed by atoms with van der Waals surface area (Å²) >= 11 is 0. The van der Waals surface area contributed by atoms with E-state index < -0.39 is 0 Å². The largest absolute Gasteiger partial charge is 0.399 e. The van der Waals surface area contributed by atoms with Gasteiger partial charge in [0.15, 0.2) is 0 Å². The highest BCUT2D eigenvalue weighted by Gasteiger charge is 2.04. The SMILES string of the molecule is NC(=O)CCCNc1cc(N)ccc1/C=C1/C=CC(N)=CC1. The first-order chi connectivity index (χ1) is 10.5. The van der Waals surface area contributed by atoms with Crippen LogP contribution in [0.3, 0.4) is 0 Å². The van der Waals surface area contributed by atoms with Crippen LogP contribution in [0.15, 0.2) is 47.7 Å². The molecule has 0 aliphatic heterocycles. The summed E-state index contributed by atoms with van der Waals surface area (Å²) < 4.78 is 0. The Balaban J connectivity index is 2.09. The number of primary amides is 1. The number of carbonyl (C=O) groups is 1. The van der Waals surface area contributed by atoms with Gasteiger partial charge in [0.25, 0.3) is 0 Å². The molecule has 2 rings (SSSR count). The second-order valence-corrected chi connectivity index (χ2v) is 5.30. The molecule has 0 atom stereocenters. The lowest BCUT2D eigenvalue weighted by Crippen LogP contribution is -2.13. The molecule has 5 heteroatoms. The summed E-state index contributed by atoms with van der Waals surface area (Å²) in [6.45, 7) is 0.672. The van der Waals surface area contributed by atoms with E-state index in [1.54, 1.807) is 0 Å². The minimum atomic E-state index is -0.284. The maximum Gasteiger partial charge on any atom is 0.217 e. The molecule has 22 heavy (non-hydrogen) atoms. The third-order valence-corrected chi connectivity index (χ3v) is 3.40. The van der Waals surface area contributed by atoms with E-state index in [-0.39, 0.29) is 5.91 Å². The van der Waals surface area contributed by atoms with Crippen LogP contribution in [0.4, 0.5) is 11.4 Å². The van der Waals surface area contributed by atoms with E-state index in [0.717, 1.165) is 23.4 Å². The smallest absolute Gasteiger partial charge is 0.217 e. The summed E-state index contributed by atoms with van der Waals surface area (Å²) in [6.07, 6.45) is 9.89. The molecule has 1 aliphatic rings. The van der Waals surface area contributed by atoms with Crippen molar-refractivity contribution < 1.29 is 4.79 Å². The quantitative estimate of drug-likeness (QED) is 0.476. The number of hydrogen-bond acceptors (Lipinski definition) is 4. The van der Waals surface area contributed by atoms with Gasteiger partial charge in [-0.25, -0.2) is 0 Å². The molecule has 0 bridgehead atoms. The van der Waals surface area contributed by atoms with Gasteiger partial charge in [-0.2, -0.15) is 0 Å². The summed E-state index contributed by atoms with van der Waals surface area (Å²) in [5, 5.41) is 3.31. The molecule has 116 valence electrons. The maximum atomic E-state index is 10.8. The first-order valence-corrected chi connectivity index (χ1v) is 7.30. The van der Waals surface area contributed by atoms with Gasteiger partial charge in [-0.15, -0.1) is 0 Å². The van der Waals surface area contributed by atoms with Crippen molar-refractivity contribution in [3.8, 4) is 0 Å². The van der Waals surface area contributed by atoms with E-state index >= 15 is 0 Å². The molecule has 1 amide bonds. The highest BCUT2D eigenvalue weighted by atomic mass is 16.1. The fourth-order valence-corrected chi connectivity index (χ4v) is 2.22. The Morgan fingerprint density at radius 2 is 2.09 bits per heavy atom. The van der Waals surface area contributed by atoms with Gasteiger partial charge in [-0.05, 0) is 48.3 Å². The van der Waals surface area contributed by atoms with Crippen LogP contribution in [0.2, 0.25) is 0 Å². The van der Waals surface area contributed by atoms with E-state index in [2.05, 4.69) is 11.4 Å². The van der Waals surface area contributed by atoms with Crippen molar-refractivity contribution in [2.75, 3.05) is 17.6 Å². The lowest BCUT2D eigenvalue weighted by Gasteiger charge is -2.12. The van der Waals surface area contributed by atoms with Gasteiger partial charge in [0.05, 0.1) is 0 Å². The van der Waals surface area contributed by atoms with Crippen molar-refractivity contribution in [3.63, 3.8) is 0 Å². The molecule has 0 saturated carbocycles. The number of carbonyl (C=O) groups excluding carboxylic acids is 1. The second kappa shape index (κ2) is 7.36. The molecular formula is C17H22N4O. The van der Waals surface area contributed by atoms with Crippen molar-refractivity contribution in [3.05, 3.63) is 53.3 Å². The number of amides is 1. The zero-order valence-electron chi connectivity index (χ0n) is 12.5. The molecule has 7 N–H and O–H groups in total. The molecule has 1 aromatic rings. The third-order valence-electron chi connectivity index (χ3n) is 3.40. The van der Waals surface area contributed by atoms with Crippen LogP contribution in [0.25, 0.3) is 6.08 Å². The molecule has 1 aromatic carbocycles. The predicted octanol–water partition coefficient (Wildman–Crippen LogP) is 2.13. The minimum absolute atomic E-state index is 0.284. The number of anilines is 2. The molecule has 0 aromatic heterocycles. The minimum Gasteiger partial charge on any atom is -0.399 e. The predicted molar refractivity (Wildman–Crippen MR) is 91.8 cm³/mol. The van der Waals surface area contributed by atoms with Crippen molar-refractivity contribution >= 4 is 23.4 Å². The Morgan fingerprint density at radius 1 is 1.27 bits per heavy atom. The molecule has 0 radical (unpaired) electrons. The van der Waals surface area contributed by atoms with Crippen molar-refractivity contribution in [1.82, 2.24) is 0 Å². The number of nitrogen functional groups attached to an aromatic ring is 1. The molecule has 0 unspecified atom stereocenters. The Morgan fingerprint density at radius 3 is 2.77 bits per heavy atom. The highest BCUT2D eigenvalue weighted by Crippen LogP contribution is 2.24. The third kappa shape index (κ3) is 4.70. The van der Waals surface area contributed by atoms with Crippen molar-refractivity contribution in [1.29, 1.82) is 0 Å². The average molecular weight is 298 g/mol. The fourth-order valence-electron chi connectivity index (χ4n) is 2.22. The summed E-state index contributed by atoms with van der Waals surface area (Å²) in [4.78, 5) is 10.8. The van der Waals surface area contributed by atoms with E-state index in [0.29, 0.717) is 25.1 Å². The summed E-state index contributed by atoms with van der Waals surface area (Å²) in [5.74, 6) is -0.284. The fraction of sp³-hybridized carbons (Fsp3) is 0.235. The van der Waals surface area contributed by atoms with E-state index in [4.69, 9.17) is 17.2 Å². The molecule has 1 aliphatic carbocycles. The normalized spacial score (nSPS) is 15.6. The van der Waals surface area contributed by atoms with Crippen LogP contribution in [-0.2, 0) is 4.79 Å². The Kier molecular flexibility index (Phi) is 5.25. The van der Waals surface area contributed by atoms with Crippen molar-refractivity contribution in [2.24, 2.45) is 11.5 Å². The highest BCUT2D eigenvalue weighted by molar-refractivity contribution is 5.74. The molecular weight excluding hydrogens is 276 g/mol. The number of hydrogen-bond donors (Lipinski definition) is 4. The Bertz CT molecular complexity index is 644. The van der Waals surface area contributed by atoms with Gasteiger partial charge in [-0.3, -0.25) is 4.79 Å². The van der Waals surface area contributed by atoms with Gasteiger partial charge in [0, 0.05) is 30.0 Å². The van der Waals surface area contributed by atoms with Crippen LogP contribution in [-0.4, -0.2) is 12.5 Å². The first-order valence-electron chi connectivity index (χ1n) is 7.30. The molecule has 0 fully saturated rings. The number of nitrogens with one attached hydrogen (secondary N) is 1. The zero-order valence-corrected chi connectivity index (χ0v) is 12.5. The first kappa shape index (κ1) is 15.7. The summed E-state index contributed by atoms with van der Waals surface area (Å²) in [6, 6.07) is 5.75. The summed E-state index contributed by atoms with van der Waals surface area (Å²) in [7, 11) is 0.